The minimum atomic E-state index is -1.04. The monoisotopic (exact) mass is 277 g/mol. The second kappa shape index (κ2) is 5.12. The molecule has 0 saturated heterocycles. The molecule has 1 unspecified atom stereocenters. The molecule has 0 aliphatic rings. The van der Waals surface area contributed by atoms with Crippen molar-refractivity contribution >= 4 is 28.3 Å². The Morgan fingerprint density at radius 1 is 1.30 bits per heavy atom. The third-order valence-corrected chi connectivity index (χ3v) is 3.19. The Hall–Kier alpha value is -2.70. The Balaban J connectivity index is 2.48. The van der Waals surface area contributed by atoms with Crippen molar-refractivity contribution in [1.29, 1.82) is 0 Å². The molecule has 0 bridgehead atoms. The van der Waals surface area contributed by atoms with Gasteiger partial charge in [-0.2, -0.15) is 0 Å². The number of anilines is 1. The van der Waals surface area contributed by atoms with Crippen molar-refractivity contribution in [3.05, 3.63) is 24.4 Å². The quantitative estimate of drug-likeness (QED) is 0.601. The van der Waals surface area contributed by atoms with Crippen LogP contribution in [0.4, 0.5) is 5.69 Å². The molecule has 0 aliphatic heterocycles. The Morgan fingerprint density at radius 3 is 2.55 bits per heavy atom. The number of hydrogen-bond acceptors (Lipinski definition) is 4. The van der Waals surface area contributed by atoms with E-state index in [9.17, 15) is 14.7 Å². The number of carbonyl (C=O) groups excluding carboxylic acids is 1. The third-order valence-electron chi connectivity index (χ3n) is 3.19. The minimum Gasteiger partial charge on any atom is -0.494 e. The van der Waals surface area contributed by atoms with E-state index in [0.717, 1.165) is 0 Å². The van der Waals surface area contributed by atoms with Crippen LogP contribution < -0.4 is 11.5 Å². The fraction of sp³-hybridized carbons (Fsp3) is 0.231. The second-order valence-electron chi connectivity index (χ2n) is 4.52. The number of nitrogens with two attached hydrogens (primary N) is 2. The lowest BCUT2D eigenvalue weighted by atomic mass is 10.1. The summed E-state index contributed by atoms with van der Waals surface area (Å²) in [6.45, 7) is 0. The zero-order valence-electron chi connectivity index (χ0n) is 10.6. The van der Waals surface area contributed by atoms with Crippen LogP contribution in [0.1, 0.15) is 18.9 Å². The van der Waals surface area contributed by atoms with E-state index < -0.39 is 17.9 Å². The number of aromatic hydroxyl groups is 1. The number of nitrogen functional groups attached to an aromatic ring is 1. The van der Waals surface area contributed by atoms with Gasteiger partial charge in [0.05, 0.1) is 0 Å². The maximum atomic E-state index is 11.5. The van der Waals surface area contributed by atoms with Crippen molar-refractivity contribution < 1.29 is 19.8 Å². The van der Waals surface area contributed by atoms with E-state index in [2.05, 4.69) is 0 Å². The molecular formula is C13H15N3O4. The average Bonchev–Trinajstić information content (AvgIpc) is 2.69. The molecule has 20 heavy (non-hydrogen) atoms. The van der Waals surface area contributed by atoms with Gasteiger partial charge in [0.1, 0.15) is 6.04 Å². The third kappa shape index (κ3) is 2.37. The molecule has 6 N–H and O–H groups in total. The SMILES string of the molecule is NC(=O)C(CCC(=O)O)n1cc2c(N)cccc2c1O. The summed E-state index contributed by atoms with van der Waals surface area (Å²) in [5, 5.41) is 19.9. The number of carbonyl (C=O) groups is 2. The summed E-state index contributed by atoms with van der Waals surface area (Å²) in [6.07, 6.45) is 1.29. The predicted molar refractivity (Wildman–Crippen MR) is 73.1 cm³/mol. The molecule has 0 fully saturated rings. The molecular weight excluding hydrogens is 262 g/mol. The molecule has 1 atom stereocenters. The Bertz CT molecular complexity index is 678. The van der Waals surface area contributed by atoms with Crippen LogP contribution in [-0.2, 0) is 9.59 Å². The van der Waals surface area contributed by atoms with E-state index >= 15 is 0 Å². The lowest BCUT2D eigenvalue weighted by Crippen LogP contribution is -2.26. The van der Waals surface area contributed by atoms with Crippen LogP contribution in [-0.4, -0.2) is 26.7 Å². The highest BCUT2D eigenvalue weighted by Crippen LogP contribution is 2.34. The van der Waals surface area contributed by atoms with Crippen molar-refractivity contribution in [3.8, 4) is 5.88 Å². The number of aliphatic carboxylic acids is 1. The molecule has 0 spiro atoms. The van der Waals surface area contributed by atoms with Crippen molar-refractivity contribution in [2.24, 2.45) is 5.73 Å². The summed E-state index contributed by atoms with van der Waals surface area (Å²) < 4.78 is 1.27. The maximum absolute atomic E-state index is 11.5. The van der Waals surface area contributed by atoms with Crippen LogP contribution in [0, 0.1) is 0 Å². The van der Waals surface area contributed by atoms with E-state index in [1.54, 1.807) is 18.2 Å². The lowest BCUT2D eigenvalue weighted by molar-refractivity contribution is -0.137. The molecule has 1 heterocycles. The van der Waals surface area contributed by atoms with E-state index in [1.807, 2.05) is 0 Å². The molecule has 0 radical (unpaired) electrons. The highest BCUT2D eigenvalue weighted by atomic mass is 16.4. The zero-order chi connectivity index (χ0) is 14.9. The highest BCUT2D eigenvalue weighted by molar-refractivity contribution is 5.97. The molecule has 7 heteroatoms. The first kappa shape index (κ1) is 13.7. The first-order valence-electron chi connectivity index (χ1n) is 6.01. The first-order chi connectivity index (χ1) is 9.41. The fourth-order valence-electron chi connectivity index (χ4n) is 2.18. The molecule has 2 rings (SSSR count). The number of benzene rings is 1. The molecule has 1 aromatic carbocycles. The summed E-state index contributed by atoms with van der Waals surface area (Å²) >= 11 is 0. The molecule has 2 aromatic rings. The second-order valence-corrected chi connectivity index (χ2v) is 4.52. The standard InChI is InChI=1S/C13H15N3O4/c14-9-3-1-2-7-8(9)6-16(13(7)20)10(12(15)19)4-5-11(17)18/h1-3,6,10,20H,4-5,14H2,(H2,15,19)(H,17,18). The van der Waals surface area contributed by atoms with E-state index in [-0.39, 0.29) is 18.7 Å². The number of nitrogens with zero attached hydrogens (tertiary/aromatic N) is 1. The van der Waals surface area contributed by atoms with Crippen LogP contribution >= 0.6 is 0 Å². The normalized spacial score (nSPS) is 12.4. The van der Waals surface area contributed by atoms with Gasteiger partial charge in [0.15, 0.2) is 5.88 Å². The minimum absolute atomic E-state index is 0.000873. The number of carboxylic acids is 1. The fourth-order valence-corrected chi connectivity index (χ4v) is 2.18. The van der Waals surface area contributed by atoms with Gasteiger partial charge in [-0.15, -0.1) is 0 Å². The largest absolute Gasteiger partial charge is 0.494 e. The molecule has 7 nitrogen and oxygen atoms in total. The van der Waals surface area contributed by atoms with Gasteiger partial charge in [-0.25, -0.2) is 0 Å². The summed E-state index contributed by atoms with van der Waals surface area (Å²) in [5.74, 6) is -1.89. The predicted octanol–water partition coefficient (Wildman–Crippen LogP) is 0.820. The summed E-state index contributed by atoms with van der Waals surface area (Å²) in [6, 6.07) is 4.08. The van der Waals surface area contributed by atoms with Crippen LogP contribution in [0.5, 0.6) is 5.88 Å². The van der Waals surface area contributed by atoms with Gasteiger partial charge in [0.25, 0.3) is 0 Å². The Kier molecular flexibility index (Phi) is 3.51. The van der Waals surface area contributed by atoms with Crippen molar-refractivity contribution in [3.63, 3.8) is 0 Å². The van der Waals surface area contributed by atoms with E-state index in [0.29, 0.717) is 16.5 Å². The van der Waals surface area contributed by atoms with E-state index in [4.69, 9.17) is 16.6 Å². The molecule has 106 valence electrons. The smallest absolute Gasteiger partial charge is 0.303 e. The zero-order valence-corrected chi connectivity index (χ0v) is 10.6. The van der Waals surface area contributed by atoms with Crippen molar-refractivity contribution in [2.45, 2.75) is 18.9 Å². The van der Waals surface area contributed by atoms with Crippen LogP contribution in [0.15, 0.2) is 24.4 Å². The number of aromatic nitrogens is 1. The van der Waals surface area contributed by atoms with Crippen molar-refractivity contribution in [2.75, 3.05) is 5.73 Å². The van der Waals surface area contributed by atoms with Gasteiger partial charge in [-0.3, -0.25) is 9.59 Å². The van der Waals surface area contributed by atoms with Crippen molar-refractivity contribution in [1.82, 2.24) is 4.57 Å². The van der Waals surface area contributed by atoms with Gasteiger partial charge < -0.3 is 26.2 Å². The number of primary amides is 1. The Morgan fingerprint density at radius 2 is 2.00 bits per heavy atom. The number of rotatable bonds is 5. The molecule has 1 aromatic heterocycles. The maximum Gasteiger partial charge on any atom is 0.303 e. The van der Waals surface area contributed by atoms with Crippen LogP contribution in [0.3, 0.4) is 0 Å². The number of amides is 1. The molecule has 0 saturated carbocycles. The number of hydrogen-bond donors (Lipinski definition) is 4. The first-order valence-corrected chi connectivity index (χ1v) is 6.01. The average molecular weight is 277 g/mol. The van der Waals surface area contributed by atoms with E-state index in [1.165, 1.54) is 10.8 Å². The van der Waals surface area contributed by atoms with Crippen LogP contribution in [0.2, 0.25) is 0 Å². The highest BCUT2D eigenvalue weighted by Gasteiger charge is 2.23. The van der Waals surface area contributed by atoms with Gasteiger partial charge in [0, 0.05) is 29.1 Å². The van der Waals surface area contributed by atoms with Gasteiger partial charge >= 0.3 is 5.97 Å². The summed E-state index contributed by atoms with van der Waals surface area (Å²) in [4.78, 5) is 22.1. The number of fused-ring (bicyclic) bond motifs is 1. The van der Waals surface area contributed by atoms with Crippen LogP contribution in [0.25, 0.3) is 10.8 Å². The van der Waals surface area contributed by atoms with Gasteiger partial charge in [-0.1, -0.05) is 6.07 Å². The molecule has 0 aliphatic carbocycles. The Labute approximate surface area is 114 Å². The number of carboxylic acid groups (broad SMARTS) is 1. The molecule has 1 amide bonds. The van der Waals surface area contributed by atoms with Gasteiger partial charge in [0.2, 0.25) is 5.91 Å². The summed E-state index contributed by atoms with van der Waals surface area (Å²) in [5.41, 5.74) is 11.5. The lowest BCUT2D eigenvalue weighted by Gasteiger charge is -2.15. The summed E-state index contributed by atoms with van der Waals surface area (Å²) in [7, 11) is 0. The topological polar surface area (TPSA) is 132 Å². The van der Waals surface area contributed by atoms with Gasteiger partial charge in [-0.05, 0) is 18.6 Å².